The van der Waals surface area contributed by atoms with E-state index in [0.29, 0.717) is 5.41 Å². The van der Waals surface area contributed by atoms with Crippen LogP contribution in [0.4, 0.5) is 5.69 Å². The van der Waals surface area contributed by atoms with Crippen LogP contribution < -0.4 is 5.32 Å². The standard InChI is InChI=1S/C14H22N4S/c1-11-12(8-18(2)17-11)16-13-15-9-14(10-19-13)6-4-3-5-7-14/h8H,3-7,9-10H2,1-2H3,(H,15,16). The Morgan fingerprint density at radius 1 is 1.32 bits per heavy atom. The van der Waals surface area contributed by atoms with Crippen LogP contribution in [0.25, 0.3) is 0 Å². The minimum atomic E-state index is 0.498. The minimum absolute atomic E-state index is 0.498. The molecule has 0 bridgehead atoms. The quantitative estimate of drug-likeness (QED) is 0.858. The van der Waals surface area contributed by atoms with Crippen molar-refractivity contribution in [3.05, 3.63) is 11.9 Å². The molecule has 1 fully saturated rings. The number of nitrogens with one attached hydrogen (secondary N) is 1. The second-order valence-corrected chi connectivity index (χ2v) is 6.86. The van der Waals surface area contributed by atoms with E-state index in [1.54, 1.807) is 0 Å². The lowest BCUT2D eigenvalue weighted by Crippen LogP contribution is -2.35. The highest BCUT2D eigenvalue weighted by Crippen LogP contribution is 2.42. The first-order chi connectivity index (χ1) is 9.17. The van der Waals surface area contributed by atoms with Gasteiger partial charge in [0.05, 0.1) is 11.4 Å². The summed E-state index contributed by atoms with van der Waals surface area (Å²) in [6.45, 7) is 3.03. The fourth-order valence-electron chi connectivity index (χ4n) is 3.07. The van der Waals surface area contributed by atoms with Crippen molar-refractivity contribution in [2.45, 2.75) is 39.0 Å². The molecule has 1 saturated carbocycles. The summed E-state index contributed by atoms with van der Waals surface area (Å²) in [7, 11) is 1.95. The second-order valence-electron chi connectivity index (χ2n) is 5.90. The van der Waals surface area contributed by atoms with Gasteiger partial charge in [0.25, 0.3) is 0 Å². The lowest BCUT2D eigenvalue weighted by Gasteiger charge is -2.38. The fraction of sp³-hybridized carbons (Fsp3) is 0.714. The van der Waals surface area contributed by atoms with Gasteiger partial charge in [-0.25, -0.2) is 0 Å². The van der Waals surface area contributed by atoms with Gasteiger partial charge in [-0.1, -0.05) is 31.0 Å². The lowest BCUT2D eigenvalue weighted by atomic mass is 9.75. The van der Waals surface area contributed by atoms with Gasteiger partial charge in [-0.15, -0.1) is 0 Å². The molecule has 0 aromatic carbocycles. The summed E-state index contributed by atoms with van der Waals surface area (Å²) in [5, 5.41) is 8.83. The Morgan fingerprint density at radius 2 is 2.11 bits per heavy atom. The third-order valence-electron chi connectivity index (χ3n) is 4.24. The largest absolute Gasteiger partial charge is 0.332 e. The summed E-state index contributed by atoms with van der Waals surface area (Å²) in [4.78, 5) is 4.78. The van der Waals surface area contributed by atoms with Crippen LogP contribution in [-0.2, 0) is 7.05 Å². The number of anilines is 1. The number of hydrogen-bond acceptors (Lipinski definition) is 4. The first-order valence-corrected chi connectivity index (χ1v) is 8.10. The number of aryl methyl sites for hydroxylation is 2. The molecular formula is C14H22N4S. The van der Waals surface area contributed by atoms with Crippen molar-refractivity contribution in [3.8, 4) is 0 Å². The zero-order valence-corrected chi connectivity index (χ0v) is 12.6. The molecule has 1 aliphatic carbocycles. The molecule has 0 saturated heterocycles. The smallest absolute Gasteiger partial charge is 0.161 e. The maximum Gasteiger partial charge on any atom is 0.161 e. The van der Waals surface area contributed by atoms with E-state index in [9.17, 15) is 0 Å². The third kappa shape index (κ3) is 2.81. The average molecular weight is 278 g/mol. The summed E-state index contributed by atoms with van der Waals surface area (Å²) in [5.41, 5.74) is 2.61. The molecule has 19 heavy (non-hydrogen) atoms. The van der Waals surface area contributed by atoms with Crippen molar-refractivity contribution < 1.29 is 0 Å². The first-order valence-electron chi connectivity index (χ1n) is 7.11. The average Bonchev–Trinajstić information content (AvgIpc) is 2.72. The minimum Gasteiger partial charge on any atom is -0.332 e. The van der Waals surface area contributed by atoms with Gasteiger partial charge in [-0.05, 0) is 25.2 Å². The SMILES string of the molecule is Cc1nn(C)cc1NC1=NCC2(CCCCC2)CS1. The van der Waals surface area contributed by atoms with Crippen LogP contribution in [0.2, 0.25) is 0 Å². The Balaban J connectivity index is 1.66. The molecular weight excluding hydrogens is 256 g/mol. The van der Waals surface area contributed by atoms with Gasteiger partial charge in [0, 0.05) is 25.5 Å². The molecule has 0 radical (unpaired) electrons. The van der Waals surface area contributed by atoms with E-state index in [2.05, 4.69) is 10.4 Å². The molecule has 2 heterocycles. The normalized spacial score (nSPS) is 22.3. The van der Waals surface area contributed by atoms with Gasteiger partial charge < -0.3 is 5.32 Å². The van der Waals surface area contributed by atoms with Gasteiger partial charge in [0.2, 0.25) is 0 Å². The number of nitrogens with zero attached hydrogens (tertiary/aromatic N) is 3. The number of rotatable bonds is 1. The van der Waals surface area contributed by atoms with Gasteiger partial charge in [-0.3, -0.25) is 9.67 Å². The summed E-state index contributed by atoms with van der Waals surface area (Å²) in [6.07, 6.45) is 8.94. The molecule has 2 aliphatic rings. The van der Waals surface area contributed by atoms with Gasteiger partial charge in [-0.2, -0.15) is 5.10 Å². The lowest BCUT2D eigenvalue weighted by molar-refractivity contribution is 0.232. The van der Waals surface area contributed by atoms with Crippen LogP contribution in [0, 0.1) is 12.3 Å². The third-order valence-corrected chi connectivity index (χ3v) is 5.50. The van der Waals surface area contributed by atoms with Crippen LogP contribution in [0.1, 0.15) is 37.8 Å². The summed E-state index contributed by atoms with van der Waals surface area (Å²) >= 11 is 1.88. The van der Waals surface area contributed by atoms with Crippen LogP contribution in [0.15, 0.2) is 11.2 Å². The number of amidine groups is 1. The molecule has 0 unspecified atom stereocenters. The Bertz CT molecular complexity index is 486. The highest BCUT2D eigenvalue weighted by Gasteiger charge is 2.34. The van der Waals surface area contributed by atoms with E-state index >= 15 is 0 Å². The number of aliphatic imine (C=N–C) groups is 1. The Hall–Kier alpha value is -0.970. The molecule has 0 atom stereocenters. The van der Waals surface area contributed by atoms with Crippen LogP contribution in [0.5, 0.6) is 0 Å². The highest BCUT2D eigenvalue weighted by molar-refractivity contribution is 8.14. The summed E-state index contributed by atoms with van der Waals surface area (Å²) in [6, 6.07) is 0. The topological polar surface area (TPSA) is 42.2 Å². The van der Waals surface area contributed by atoms with Crippen LogP contribution >= 0.6 is 11.8 Å². The van der Waals surface area contributed by atoms with Crippen LogP contribution in [0.3, 0.4) is 0 Å². The molecule has 4 nitrogen and oxygen atoms in total. The zero-order chi connectivity index (χ0) is 13.3. The summed E-state index contributed by atoms with van der Waals surface area (Å²) < 4.78 is 1.84. The monoisotopic (exact) mass is 278 g/mol. The molecule has 1 N–H and O–H groups in total. The van der Waals surface area contributed by atoms with Crippen LogP contribution in [-0.4, -0.2) is 27.2 Å². The molecule has 1 spiro atoms. The van der Waals surface area contributed by atoms with Crippen molar-refractivity contribution in [3.63, 3.8) is 0 Å². The summed E-state index contributed by atoms with van der Waals surface area (Å²) in [5.74, 6) is 1.22. The fourth-order valence-corrected chi connectivity index (χ4v) is 4.23. The number of thioether (sulfide) groups is 1. The van der Waals surface area contributed by atoms with Gasteiger partial charge >= 0.3 is 0 Å². The van der Waals surface area contributed by atoms with E-state index in [0.717, 1.165) is 23.1 Å². The Labute approximate surface area is 119 Å². The van der Waals surface area contributed by atoms with E-state index in [1.165, 1.54) is 37.9 Å². The van der Waals surface area contributed by atoms with Crippen molar-refractivity contribution in [2.75, 3.05) is 17.6 Å². The molecule has 104 valence electrons. The van der Waals surface area contributed by atoms with Crippen molar-refractivity contribution in [1.29, 1.82) is 0 Å². The zero-order valence-electron chi connectivity index (χ0n) is 11.8. The van der Waals surface area contributed by atoms with Crippen molar-refractivity contribution in [2.24, 2.45) is 17.5 Å². The van der Waals surface area contributed by atoms with Crippen molar-refractivity contribution >= 4 is 22.6 Å². The molecule has 0 amide bonds. The molecule has 1 aromatic heterocycles. The van der Waals surface area contributed by atoms with Gasteiger partial charge in [0.15, 0.2) is 5.17 Å². The first kappa shape index (κ1) is 13.0. The maximum atomic E-state index is 4.78. The predicted molar refractivity (Wildman–Crippen MR) is 81.8 cm³/mol. The van der Waals surface area contributed by atoms with E-state index in [4.69, 9.17) is 4.99 Å². The highest BCUT2D eigenvalue weighted by atomic mass is 32.2. The maximum absolute atomic E-state index is 4.78. The molecule has 3 rings (SSSR count). The number of aromatic nitrogens is 2. The van der Waals surface area contributed by atoms with E-state index in [1.807, 2.05) is 36.6 Å². The predicted octanol–water partition coefficient (Wildman–Crippen LogP) is 3.19. The van der Waals surface area contributed by atoms with Gasteiger partial charge in [0.1, 0.15) is 0 Å². The van der Waals surface area contributed by atoms with E-state index < -0.39 is 0 Å². The van der Waals surface area contributed by atoms with Crippen molar-refractivity contribution in [1.82, 2.24) is 9.78 Å². The van der Waals surface area contributed by atoms with E-state index in [-0.39, 0.29) is 0 Å². The molecule has 1 aromatic rings. The molecule has 5 heteroatoms. The second kappa shape index (κ2) is 5.19. The number of hydrogen-bond donors (Lipinski definition) is 1. The molecule has 1 aliphatic heterocycles. The Kier molecular flexibility index (Phi) is 3.56. The Morgan fingerprint density at radius 3 is 2.68 bits per heavy atom.